The predicted molar refractivity (Wildman–Crippen MR) is 20.7 cm³/mol. The fourth-order valence-electron chi connectivity index (χ4n) is 0. The first-order valence-corrected chi connectivity index (χ1v) is 1.56. The van der Waals surface area contributed by atoms with Crippen molar-refractivity contribution in [1.82, 2.24) is 0 Å². The van der Waals surface area contributed by atoms with Crippen molar-refractivity contribution in [1.29, 1.82) is 0 Å². The Morgan fingerprint density at radius 1 is 1.57 bits per heavy atom. The topological polar surface area (TPSA) is 70.5 Å². The van der Waals surface area contributed by atoms with Gasteiger partial charge in [0, 0.05) is 0 Å². The molecule has 0 spiro atoms. The number of aliphatic hydroxyl groups is 2. The van der Waals surface area contributed by atoms with Crippen LogP contribution in [-0.2, 0) is 0 Å². The molecule has 0 aliphatic carbocycles. The maximum absolute atomic E-state index is 8.11. The van der Waals surface area contributed by atoms with Gasteiger partial charge in [0.25, 0.3) is 0 Å². The summed E-state index contributed by atoms with van der Waals surface area (Å²) in [6, 6.07) is 0. The average molecular weight is 132 g/mol. The van der Waals surface area contributed by atoms with Gasteiger partial charge in [-0.3, -0.25) is 0 Å². The van der Waals surface area contributed by atoms with Crippen LogP contribution in [0.4, 0.5) is 0 Å². The maximum atomic E-state index is 8.11. The number of hydrogen-bond donors (Lipinski definition) is 2. The number of aliphatic hydroxyl groups excluding tert-OH is 2. The minimum atomic E-state index is -0.560. The molecule has 0 rings (SSSR count). The van der Waals surface area contributed by atoms with Gasteiger partial charge in [-0.15, -0.1) is 0 Å². The molecule has 0 aromatic carbocycles. The molecule has 1 atom stereocenters. The van der Waals surface area contributed by atoms with Gasteiger partial charge in [0.2, 0.25) is 0 Å². The van der Waals surface area contributed by atoms with Crippen LogP contribution in [0.15, 0.2) is 0 Å². The van der Waals surface area contributed by atoms with E-state index in [4.69, 9.17) is 10.2 Å². The first-order valence-electron chi connectivity index (χ1n) is 1.56. The molecule has 0 radical (unpaired) electrons. The van der Waals surface area contributed by atoms with Crippen LogP contribution >= 0.6 is 0 Å². The van der Waals surface area contributed by atoms with Crippen molar-refractivity contribution >= 4 is 0 Å². The van der Waals surface area contributed by atoms with Gasteiger partial charge in [0.05, 0.1) is 12.7 Å². The standard InChI is InChI=1S/C3H8O2.K.H2O/c1-3(5)2-4;;/h3-5H,2H2,1H3;;1H2/q;+1;/p-1. The third-order valence-electron chi connectivity index (χ3n) is 0.264. The molecule has 0 fully saturated rings. The van der Waals surface area contributed by atoms with E-state index in [2.05, 4.69) is 0 Å². The minimum absolute atomic E-state index is 0. The molecule has 3 N–H and O–H groups in total. The van der Waals surface area contributed by atoms with Crippen molar-refractivity contribution < 1.29 is 67.1 Å². The van der Waals surface area contributed by atoms with Crippen LogP contribution in [0.25, 0.3) is 0 Å². The Hall–Kier alpha value is 1.52. The summed E-state index contributed by atoms with van der Waals surface area (Å²) < 4.78 is 0. The summed E-state index contributed by atoms with van der Waals surface area (Å²) >= 11 is 0. The first-order chi connectivity index (χ1) is 2.27. The monoisotopic (exact) mass is 132 g/mol. The zero-order valence-corrected chi connectivity index (χ0v) is 7.75. The molecule has 1 unspecified atom stereocenters. The molecule has 0 aliphatic heterocycles. The normalized spacial score (nSPS) is 10.7. The molecule has 40 valence electrons. The van der Waals surface area contributed by atoms with Crippen molar-refractivity contribution in [2.75, 3.05) is 6.61 Å². The second-order valence-corrected chi connectivity index (χ2v) is 1.03. The maximum Gasteiger partial charge on any atom is 1.00 e. The van der Waals surface area contributed by atoms with E-state index in [0.717, 1.165) is 0 Å². The van der Waals surface area contributed by atoms with E-state index in [1.807, 2.05) is 0 Å². The molecule has 0 heterocycles. The third kappa shape index (κ3) is 18.5. The summed E-state index contributed by atoms with van der Waals surface area (Å²) in [6.45, 7) is 1.39. The molecule has 0 bridgehead atoms. The van der Waals surface area contributed by atoms with Gasteiger partial charge in [-0.05, 0) is 6.92 Å². The molecule has 0 saturated carbocycles. The third-order valence-corrected chi connectivity index (χ3v) is 0.264. The zero-order chi connectivity index (χ0) is 4.28. The fraction of sp³-hybridized carbons (Fsp3) is 1.00. The summed E-state index contributed by atoms with van der Waals surface area (Å²) in [6.07, 6.45) is -0.560. The molecular formula is C3H9KO3. The van der Waals surface area contributed by atoms with Gasteiger partial charge in [-0.25, -0.2) is 0 Å². The first kappa shape index (κ1) is 15.8. The Bertz CT molecular complexity index is 24.1. The summed E-state index contributed by atoms with van der Waals surface area (Å²) in [5, 5.41) is 16.0. The number of rotatable bonds is 1. The van der Waals surface area contributed by atoms with Gasteiger partial charge in [0.15, 0.2) is 0 Å². The molecular weight excluding hydrogens is 123 g/mol. The second kappa shape index (κ2) is 10.5. The smallest absolute Gasteiger partial charge is 0.870 e. The Balaban J connectivity index is -0.0000000800. The van der Waals surface area contributed by atoms with Crippen molar-refractivity contribution in [2.45, 2.75) is 13.0 Å². The van der Waals surface area contributed by atoms with Crippen LogP contribution in [-0.4, -0.2) is 28.4 Å². The molecule has 0 amide bonds. The van der Waals surface area contributed by atoms with E-state index in [1.165, 1.54) is 6.92 Å². The Labute approximate surface area is 85.5 Å². The van der Waals surface area contributed by atoms with E-state index in [9.17, 15) is 0 Å². The average Bonchev–Trinajstić information content (AvgIpc) is 1.38. The second-order valence-electron chi connectivity index (χ2n) is 1.03. The Morgan fingerprint density at radius 3 is 1.71 bits per heavy atom. The van der Waals surface area contributed by atoms with Crippen molar-refractivity contribution in [3.63, 3.8) is 0 Å². The zero-order valence-electron chi connectivity index (χ0n) is 4.63. The molecule has 0 saturated heterocycles. The van der Waals surface area contributed by atoms with E-state index in [-0.39, 0.29) is 63.5 Å². The van der Waals surface area contributed by atoms with E-state index in [0.29, 0.717) is 0 Å². The van der Waals surface area contributed by atoms with E-state index >= 15 is 0 Å². The van der Waals surface area contributed by atoms with E-state index < -0.39 is 6.10 Å². The molecule has 7 heavy (non-hydrogen) atoms. The van der Waals surface area contributed by atoms with Crippen LogP contribution in [0.2, 0.25) is 0 Å². The SMILES string of the molecule is CC(O)CO.[K+].[OH-]. The van der Waals surface area contributed by atoms with Crippen LogP contribution in [0, 0.1) is 0 Å². The van der Waals surface area contributed by atoms with Gasteiger partial charge < -0.3 is 15.7 Å². The predicted octanol–water partition coefficient (Wildman–Crippen LogP) is -3.81. The number of hydrogen-bond acceptors (Lipinski definition) is 3. The Kier molecular flexibility index (Phi) is 23.7. The van der Waals surface area contributed by atoms with Gasteiger partial charge in [0.1, 0.15) is 0 Å². The van der Waals surface area contributed by atoms with Gasteiger partial charge in [-0.1, -0.05) is 0 Å². The van der Waals surface area contributed by atoms with E-state index in [1.54, 1.807) is 0 Å². The molecule has 4 heteroatoms. The largest absolute Gasteiger partial charge is 1.00 e. The van der Waals surface area contributed by atoms with Crippen LogP contribution in [0.5, 0.6) is 0 Å². The summed E-state index contributed by atoms with van der Waals surface area (Å²) in [5.74, 6) is 0. The van der Waals surface area contributed by atoms with Crippen molar-refractivity contribution in [2.24, 2.45) is 0 Å². The van der Waals surface area contributed by atoms with Gasteiger partial charge >= 0.3 is 51.4 Å². The summed E-state index contributed by atoms with van der Waals surface area (Å²) in [5.41, 5.74) is 0. The van der Waals surface area contributed by atoms with Crippen LogP contribution in [0.3, 0.4) is 0 Å². The van der Waals surface area contributed by atoms with Gasteiger partial charge in [-0.2, -0.15) is 0 Å². The van der Waals surface area contributed by atoms with Crippen molar-refractivity contribution in [3.05, 3.63) is 0 Å². The van der Waals surface area contributed by atoms with Crippen molar-refractivity contribution in [3.8, 4) is 0 Å². The van der Waals surface area contributed by atoms with Crippen LogP contribution in [0.1, 0.15) is 6.92 Å². The molecule has 3 nitrogen and oxygen atoms in total. The summed E-state index contributed by atoms with van der Waals surface area (Å²) in [4.78, 5) is 0. The fourth-order valence-corrected chi connectivity index (χ4v) is 0. The molecule has 0 aromatic rings. The molecule has 0 aromatic heterocycles. The molecule has 0 aliphatic rings. The quantitative estimate of drug-likeness (QED) is 0.359. The Morgan fingerprint density at radius 2 is 1.71 bits per heavy atom. The summed E-state index contributed by atoms with van der Waals surface area (Å²) in [7, 11) is 0. The van der Waals surface area contributed by atoms with Crippen LogP contribution < -0.4 is 51.4 Å². The minimum Gasteiger partial charge on any atom is -0.870 e.